The molecule has 0 aliphatic carbocycles. The van der Waals surface area contributed by atoms with E-state index in [1.807, 2.05) is 12.1 Å². The molecule has 0 atom stereocenters. The van der Waals surface area contributed by atoms with Crippen molar-refractivity contribution in [3.63, 3.8) is 0 Å². The lowest BCUT2D eigenvalue weighted by atomic mass is 10.1. The summed E-state index contributed by atoms with van der Waals surface area (Å²) in [6.45, 7) is 0. The Balaban J connectivity index is 2.01. The van der Waals surface area contributed by atoms with Crippen LogP contribution in [0.5, 0.6) is 5.75 Å². The van der Waals surface area contributed by atoms with E-state index >= 15 is 0 Å². The topological polar surface area (TPSA) is 39.2 Å². The first-order chi connectivity index (χ1) is 9.60. The van der Waals surface area contributed by atoms with Crippen LogP contribution in [0.1, 0.15) is 10.4 Å². The summed E-state index contributed by atoms with van der Waals surface area (Å²) >= 11 is 8.13. The SMILES string of the molecule is COc1ccc(C(=O)CSc2ccc(Br)cn2)cc1Br. The van der Waals surface area contributed by atoms with E-state index in [-0.39, 0.29) is 5.78 Å². The number of hydrogen-bond donors (Lipinski definition) is 0. The molecule has 0 unspecified atom stereocenters. The lowest BCUT2D eigenvalue weighted by Gasteiger charge is -2.05. The smallest absolute Gasteiger partial charge is 0.173 e. The van der Waals surface area contributed by atoms with Gasteiger partial charge in [-0.3, -0.25) is 4.79 Å². The highest BCUT2D eigenvalue weighted by Gasteiger charge is 2.10. The number of aromatic nitrogens is 1. The average molecular weight is 417 g/mol. The van der Waals surface area contributed by atoms with Crippen LogP contribution in [0.2, 0.25) is 0 Å². The summed E-state index contributed by atoms with van der Waals surface area (Å²) in [5, 5.41) is 0.828. The maximum atomic E-state index is 12.1. The predicted octanol–water partition coefficient (Wildman–Crippen LogP) is 4.59. The van der Waals surface area contributed by atoms with Crippen molar-refractivity contribution in [3.05, 3.63) is 51.0 Å². The van der Waals surface area contributed by atoms with E-state index < -0.39 is 0 Å². The van der Waals surface area contributed by atoms with Crippen molar-refractivity contribution in [1.82, 2.24) is 4.98 Å². The number of thioether (sulfide) groups is 1. The number of ether oxygens (including phenoxy) is 1. The van der Waals surface area contributed by atoms with Crippen molar-refractivity contribution >= 4 is 49.4 Å². The van der Waals surface area contributed by atoms with Gasteiger partial charge in [0, 0.05) is 16.2 Å². The second kappa shape index (κ2) is 7.24. The Hall–Kier alpha value is -0.850. The minimum Gasteiger partial charge on any atom is -0.496 e. The number of carbonyl (C=O) groups is 1. The number of Topliss-reactive ketones (excluding diaryl/α,β-unsaturated/α-hetero) is 1. The van der Waals surface area contributed by atoms with E-state index in [0.717, 1.165) is 14.0 Å². The van der Waals surface area contributed by atoms with Gasteiger partial charge < -0.3 is 4.74 Å². The lowest BCUT2D eigenvalue weighted by Crippen LogP contribution is -2.03. The highest BCUT2D eigenvalue weighted by Crippen LogP contribution is 2.26. The van der Waals surface area contributed by atoms with Gasteiger partial charge in [0.05, 0.1) is 22.4 Å². The number of ketones is 1. The van der Waals surface area contributed by atoms with Crippen molar-refractivity contribution in [2.75, 3.05) is 12.9 Å². The van der Waals surface area contributed by atoms with E-state index in [4.69, 9.17) is 4.74 Å². The summed E-state index contributed by atoms with van der Waals surface area (Å²) in [5.41, 5.74) is 0.655. The van der Waals surface area contributed by atoms with Gasteiger partial charge in [0.25, 0.3) is 0 Å². The van der Waals surface area contributed by atoms with Crippen molar-refractivity contribution < 1.29 is 9.53 Å². The molecule has 20 heavy (non-hydrogen) atoms. The monoisotopic (exact) mass is 415 g/mol. The summed E-state index contributed by atoms with van der Waals surface area (Å²) in [5.74, 6) is 1.12. The summed E-state index contributed by atoms with van der Waals surface area (Å²) < 4.78 is 6.84. The van der Waals surface area contributed by atoms with E-state index in [9.17, 15) is 4.79 Å². The Kier molecular flexibility index (Phi) is 5.63. The van der Waals surface area contributed by atoms with Gasteiger partial charge in [-0.1, -0.05) is 11.8 Å². The molecule has 2 rings (SSSR count). The quantitative estimate of drug-likeness (QED) is 0.527. The zero-order valence-electron chi connectivity index (χ0n) is 10.6. The fourth-order valence-corrected chi connectivity index (χ4v) is 3.02. The Labute approximate surface area is 138 Å². The molecule has 0 spiro atoms. The van der Waals surface area contributed by atoms with Gasteiger partial charge in [0.1, 0.15) is 5.75 Å². The molecule has 1 aromatic carbocycles. The number of carbonyl (C=O) groups excluding carboxylic acids is 1. The molecular weight excluding hydrogens is 406 g/mol. The van der Waals surface area contributed by atoms with E-state index in [1.54, 1.807) is 31.5 Å². The first-order valence-electron chi connectivity index (χ1n) is 5.71. The van der Waals surface area contributed by atoms with Gasteiger partial charge in [0.15, 0.2) is 5.78 Å². The minimum atomic E-state index is 0.0584. The maximum absolute atomic E-state index is 12.1. The Morgan fingerprint density at radius 1 is 1.30 bits per heavy atom. The number of hydrogen-bond acceptors (Lipinski definition) is 4. The summed E-state index contributed by atoms with van der Waals surface area (Å²) in [6.07, 6.45) is 1.72. The molecule has 0 aliphatic rings. The molecular formula is C14H11Br2NO2S. The highest BCUT2D eigenvalue weighted by atomic mass is 79.9. The lowest BCUT2D eigenvalue weighted by molar-refractivity contribution is 0.102. The van der Waals surface area contributed by atoms with Gasteiger partial charge in [-0.2, -0.15) is 0 Å². The van der Waals surface area contributed by atoms with E-state index in [1.165, 1.54) is 11.8 Å². The van der Waals surface area contributed by atoms with Crippen molar-refractivity contribution in [3.8, 4) is 5.75 Å². The highest BCUT2D eigenvalue weighted by molar-refractivity contribution is 9.10. The molecule has 6 heteroatoms. The zero-order chi connectivity index (χ0) is 14.5. The zero-order valence-corrected chi connectivity index (χ0v) is 14.6. The number of rotatable bonds is 5. The summed E-state index contributed by atoms with van der Waals surface area (Å²) in [4.78, 5) is 16.3. The molecule has 0 saturated heterocycles. The summed E-state index contributed by atoms with van der Waals surface area (Å²) in [6, 6.07) is 9.11. The molecule has 0 saturated carbocycles. The molecule has 1 heterocycles. The van der Waals surface area contributed by atoms with Crippen LogP contribution in [0.3, 0.4) is 0 Å². The standard InChI is InChI=1S/C14H11Br2NO2S/c1-19-13-4-2-9(6-11(13)16)12(18)8-20-14-5-3-10(15)7-17-14/h2-7H,8H2,1H3. The van der Waals surface area contributed by atoms with E-state index in [2.05, 4.69) is 36.8 Å². The molecule has 1 aromatic heterocycles. The third-order valence-corrected chi connectivity index (χ3v) is 4.56. The Bertz CT molecular complexity index is 617. The van der Waals surface area contributed by atoms with Crippen LogP contribution in [0.25, 0.3) is 0 Å². The number of halogens is 2. The first-order valence-corrected chi connectivity index (χ1v) is 8.28. The first kappa shape index (κ1) is 15.5. The molecule has 0 N–H and O–H groups in total. The van der Waals surface area contributed by atoms with Crippen LogP contribution >= 0.6 is 43.6 Å². The van der Waals surface area contributed by atoms with Gasteiger partial charge in [-0.15, -0.1) is 0 Å². The van der Waals surface area contributed by atoms with Gasteiger partial charge in [-0.25, -0.2) is 4.98 Å². The van der Waals surface area contributed by atoms with Crippen LogP contribution in [0.15, 0.2) is 50.5 Å². The molecule has 0 fully saturated rings. The van der Waals surface area contributed by atoms with E-state index in [0.29, 0.717) is 17.1 Å². The molecule has 0 radical (unpaired) electrons. The van der Waals surface area contributed by atoms with Gasteiger partial charge in [0.2, 0.25) is 0 Å². The Morgan fingerprint density at radius 2 is 2.10 bits per heavy atom. The number of pyridine rings is 1. The fourth-order valence-electron chi connectivity index (χ4n) is 1.51. The molecule has 0 bridgehead atoms. The average Bonchev–Trinajstić information content (AvgIpc) is 2.46. The van der Waals surface area contributed by atoms with Crippen molar-refractivity contribution in [2.24, 2.45) is 0 Å². The fraction of sp³-hybridized carbons (Fsp3) is 0.143. The molecule has 3 nitrogen and oxygen atoms in total. The van der Waals surface area contributed by atoms with Crippen LogP contribution in [0.4, 0.5) is 0 Å². The largest absolute Gasteiger partial charge is 0.496 e. The number of benzene rings is 1. The molecule has 0 amide bonds. The number of methoxy groups -OCH3 is 1. The van der Waals surface area contributed by atoms with Crippen molar-refractivity contribution in [2.45, 2.75) is 5.03 Å². The minimum absolute atomic E-state index is 0.0584. The molecule has 0 aliphatic heterocycles. The normalized spacial score (nSPS) is 10.3. The molecule has 2 aromatic rings. The Morgan fingerprint density at radius 3 is 2.70 bits per heavy atom. The third kappa shape index (κ3) is 4.07. The predicted molar refractivity (Wildman–Crippen MR) is 87.7 cm³/mol. The number of nitrogens with zero attached hydrogens (tertiary/aromatic N) is 1. The third-order valence-electron chi connectivity index (χ3n) is 2.53. The van der Waals surface area contributed by atoms with Gasteiger partial charge in [-0.05, 0) is 62.2 Å². The molecule has 104 valence electrons. The maximum Gasteiger partial charge on any atom is 0.173 e. The van der Waals surface area contributed by atoms with Gasteiger partial charge >= 0.3 is 0 Å². The van der Waals surface area contributed by atoms with Crippen LogP contribution in [-0.2, 0) is 0 Å². The van der Waals surface area contributed by atoms with Crippen LogP contribution in [-0.4, -0.2) is 23.6 Å². The van der Waals surface area contributed by atoms with Crippen molar-refractivity contribution in [1.29, 1.82) is 0 Å². The second-order valence-electron chi connectivity index (χ2n) is 3.88. The second-order valence-corrected chi connectivity index (χ2v) is 6.64. The summed E-state index contributed by atoms with van der Waals surface area (Å²) in [7, 11) is 1.59. The van der Waals surface area contributed by atoms with Crippen LogP contribution in [0, 0.1) is 0 Å². The van der Waals surface area contributed by atoms with Crippen LogP contribution < -0.4 is 4.74 Å².